The fourth-order valence-electron chi connectivity index (χ4n) is 4.86. The molecule has 1 unspecified atom stereocenters. The van der Waals surface area contributed by atoms with Crippen LogP contribution in [0.15, 0.2) is 48.3 Å². The third-order valence-electron chi connectivity index (χ3n) is 6.66. The number of aliphatic hydroxyl groups is 1. The number of aromatic amines is 1. The van der Waals surface area contributed by atoms with Crippen molar-refractivity contribution in [1.82, 2.24) is 29.6 Å². The van der Waals surface area contributed by atoms with Crippen molar-refractivity contribution in [1.29, 1.82) is 5.26 Å². The summed E-state index contributed by atoms with van der Waals surface area (Å²) in [5.41, 5.74) is 1.92. The molecule has 12 heteroatoms. The summed E-state index contributed by atoms with van der Waals surface area (Å²) in [6, 6.07) is 10.9. The van der Waals surface area contributed by atoms with E-state index in [-0.39, 0.29) is 35.5 Å². The summed E-state index contributed by atoms with van der Waals surface area (Å²) < 4.78 is 1.90. The van der Waals surface area contributed by atoms with Crippen molar-refractivity contribution in [2.75, 3.05) is 11.9 Å². The molecule has 3 aromatic heterocycles. The first-order valence-electron chi connectivity index (χ1n) is 13.0. The number of allylic oxidation sites excluding steroid dienone is 1. The summed E-state index contributed by atoms with van der Waals surface area (Å²) in [6.07, 6.45) is 4.70. The second kappa shape index (κ2) is 11.0. The number of aromatic nitrogens is 5. The number of nitrogens with one attached hydrogen (secondary N) is 2. The molecule has 0 spiro atoms. The van der Waals surface area contributed by atoms with Crippen molar-refractivity contribution in [2.24, 2.45) is 5.41 Å². The SMILES string of the molecule is CC(C)(C)C=C(C#N)C(=O)N1CCCC1Cn1c(NC(=O)c2ccc(-c3ncn[nH]3)s2)nc2cc(CO)ccc21. The number of thiophene rings is 1. The number of carbonyl (C=O) groups is 2. The van der Waals surface area contributed by atoms with Crippen LogP contribution >= 0.6 is 11.3 Å². The van der Waals surface area contributed by atoms with Crippen LogP contribution in [0.5, 0.6) is 0 Å². The molecule has 0 aliphatic carbocycles. The van der Waals surface area contributed by atoms with E-state index >= 15 is 0 Å². The van der Waals surface area contributed by atoms with Gasteiger partial charge in [0, 0.05) is 13.1 Å². The molecular weight excluding hydrogens is 528 g/mol. The third-order valence-corrected chi connectivity index (χ3v) is 7.75. The van der Waals surface area contributed by atoms with E-state index in [9.17, 15) is 20.0 Å². The van der Waals surface area contributed by atoms with Gasteiger partial charge < -0.3 is 14.6 Å². The van der Waals surface area contributed by atoms with E-state index in [0.29, 0.717) is 40.8 Å². The van der Waals surface area contributed by atoms with Crippen LogP contribution in [0.25, 0.3) is 21.7 Å². The lowest BCUT2D eigenvalue weighted by Crippen LogP contribution is -2.39. The molecule has 11 nitrogen and oxygen atoms in total. The molecule has 1 aliphatic rings. The Balaban J connectivity index is 1.45. The number of rotatable bonds is 7. The topological polar surface area (TPSA) is 153 Å². The molecule has 1 aliphatic heterocycles. The van der Waals surface area contributed by atoms with E-state index in [1.165, 1.54) is 17.7 Å². The van der Waals surface area contributed by atoms with Gasteiger partial charge >= 0.3 is 0 Å². The highest BCUT2D eigenvalue weighted by molar-refractivity contribution is 7.17. The Bertz CT molecular complexity index is 1620. The van der Waals surface area contributed by atoms with Crippen LogP contribution in [0.2, 0.25) is 0 Å². The van der Waals surface area contributed by atoms with Gasteiger partial charge in [-0.3, -0.25) is 20.0 Å². The maximum Gasteiger partial charge on any atom is 0.268 e. The van der Waals surface area contributed by atoms with Crippen molar-refractivity contribution < 1.29 is 14.7 Å². The average Bonchev–Trinajstić information content (AvgIpc) is 3.73. The summed E-state index contributed by atoms with van der Waals surface area (Å²) in [7, 11) is 0. The minimum Gasteiger partial charge on any atom is -0.392 e. The Hall–Kier alpha value is -4.34. The molecule has 0 radical (unpaired) electrons. The zero-order valence-electron chi connectivity index (χ0n) is 22.5. The van der Waals surface area contributed by atoms with Crippen LogP contribution in [0.4, 0.5) is 5.95 Å². The summed E-state index contributed by atoms with van der Waals surface area (Å²) >= 11 is 1.28. The highest BCUT2D eigenvalue weighted by atomic mass is 32.1. The third kappa shape index (κ3) is 5.66. The minimum atomic E-state index is -0.325. The molecule has 0 bridgehead atoms. The normalized spacial score (nSPS) is 15.9. The van der Waals surface area contributed by atoms with Gasteiger partial charge in [-0.25, -0.2) is 9.97 Å². The lowest BCUT2D eigenvalue weighted by atomic mass is 9.93. The molecule has 40 heavy (non-hydrogen) atoms. The number of amides is 2. The van der Waals surface area contributed by atoms with Gasteiger partial charge in [-0.2, -0.15) is 10.4 Å². The number of carbonyl (C=O) groups excluding carboxylic acids is 2. The average molecular weight is 559 g/mol. The van der Waals surface area contributed by atoms with Crippen LogP contribution in [0, 0.1) is 16.7 Å². The first-order valence-corrected chi connectivity index (χ1v) is 13.8. The number of benzene rings is 1. The monoisotopic (exact) mass is 558 g/mol. The van der Waals surface area contributed by atoms with E-state index in [2.05, 4.69) is 31.6 Å². The molecule has 4 heterocycles. The maximum atomic E-state index is 13.4. The number of imidazole rings is 1. The van der Waals surface area contributed by atoms with Crippen molar-refractivity contribution in [3.8, 4) is 16.8 Å². The molecule has 4 aromatic rings. The number of aliphatic hydroxyl groups excluding tert-OH is 1. The molecule has 2 amide bonds. The molecule has 5 rings (SSSR count). The van der Waals surface area contributed by atoms with Gasteiger partial charge in [0.05, 0.1) is 33.4 Å². The lowest BCUT2D eigenvalue weighted by Gasteiger charge is -2.26. The molecular formula is C28H30N8O3S. The number of hydrogen-bond donors (Lipinski definition) is 3. The Morgan fingerprint density at radius 3 is 2.83 bits per heavy atom. The van der Waals surface area contributed by atoms with Crippen LogP contribution in [-0.2, 0) is 17.9 Å². The fraction of sp³-hybridized carbons (Fsp3) is 0.357. The Morgan fingerprint density at radius 1 is 1.30 bits per heavy atom. The van der Waals surface area contributed by atoms with Gasteiger partial charge in [0.15, 0.2) is 5.82 Å². The van der Waals surface area contributed by atoms with E-state index in [1.54, 1.807) is 29.2 Å². The summed E-state index contributed by atoms with van der Waals surface area (Å²) in [5.74, 6) is 0.316. The standard InChI is InChI=1S/C28H30N8O3S/c1-28(2,3)12-18(13-29)26(39)35-10-4-5-19(35)14-36-21-7-6-17(15-37)11-20(21)32-27(36)33-25(38)23-9-8-22(40-23)24-30-16-31-34-24/h6-9,11-12,16,19,37H,4-5,10,14-15H2,1-3H3,(H,30,31,34)(H,32,33,38). The first kappa shape index (κ1) is 27.2. The Labute approximate surface area is 235 Å². The predicted molar refractivity (Wildman–Crippen MR) is 151 cm³/mol. The fourth-order valence-corrected chi connectivity index (χ4v) is 5.71. The van der Waals surface area contributed by atoms with Crippen molar-refractivity contribution >= 4 is 40.1 Å². The largest absolute Gasteiger partial charge is 0.392 e. The van der Waals surface area contributed by atoms with E-state index in [0.717, 1.165) is 23.2 Å². The molecule has 1 aromatic carbocycles. The number of likely N-dealkylation sites (tertiary alicyclic amines) is 1. The molecule has 1 fully saturated rings. The lowest BCUT2D eigenvalue weighted by molar-refractivity contribution is -0.127. The molecule has 0 saturated carbocycles. The molecule has 3 N–H and O–H groups in total. The molecule has 206 valence electrons. The number of H-pyrrole nitrogens is 1. The van der Waals surface area contributed by atoms with Gasteiger partial charge in [-0.1, -0.05) is 32.9 Å². The van der Waals surface area contributed by atoms with Crippen molar-refractivity contribution in [3.05, 3.63) is 58.7 Å². The van der Waals surface area contributed by atoms with Crippen LogP contribution in [0.3, 0.4) is 0 Å². The predicted octanol–water partition coefficient (Wildman–Crippen LogP) is 4.11. The summed E-state index contributed by atoms with van der Waals surface area (Å²) in [5, 5.41) is 28.9. The number of fused-ring (bicyclic) bond motifs is 1. The zero-order chi connectivity index (χ0) is 28.4. The number of nitriles is 1. The quantitative estimate of drug-likeness (QED) is 0.228. The number of anilines is 1. The zero-order valence-corrected chi connectivity index (χ0v) is 23.3. The van der Waals surface area contributed by atoms with Crippen LogP contribution in [0.1, 0.15) is 48.8 Å². The second-order valence-electron chi connectivity index (χ2n) is 10.8. The van der Waals surface area contributed by atoms with Gasteiger partial charge in [0.2, 0.25) is 5.95 Å². The number of hydrogen-bond acceptors (Lipinski definition) is 8. The van der Waals surface area contributed by atoms with Crippen LogP contribution < -0.4 is 5.32 Å². The second-order valence-corrected chi connectivity index (χ2v) is 11.9. The maximum absolute atomic E-state index is 13.4. The van der Waals surface area contributed by atoms with E-state index < -0.39 is 0 Å². The summed E-state index contributed by atoms with van der Waals surface area (Å²) in [4.78, 5) is 38.5. The van der Waals surface area contributed by atoms with Gasteiger partial charge in [0.1, 0.15) is 18.0 Å². The van der Waals surface area contributed by atoms with Gasteiger partial charge in [-0.05, 0) is 48.1 Å². The first-order chi connectivity index (χ1) is 19.2. The minimum absolute atomic E-state index is 0.133. The Kier molecular flexibility index (Phi) is 7.51. The van der Waals surface area contributed by atoms with E-state index in [1.807, 2.05) is 37.5 Å². The van der Waals surface area contributed by atoms with Crippen molar-refractivity contribution in [3.63, 3.8) is 0 Å². The number of nitrogens with zero attached hydrogens (tertiary/aromatic N) is 6. The molecule has 1 atom stereocenters. The van der Waals surface area contributed by atoms with Gasteiger partial charge in [-0.15, -0.1) is 11.3 Å². The highest BCUT2D eigenvalue weighted by Gasteiger charge is 2.32. The Morgan fingerprint density at radius 2 is 2.12 bits per heavy atom. The summed E-state index contributed by atoms with van der Waals surface area (Å²) in [6.45, 7) is 6.66. The van der Waals surface area contributed by atoms with Crippen LogP contribution in [-0.4, -0.2) is 59.1 Å². The van der Waals surface area contributed by atoms with E-state index in [4.69, 9.17) is 0 Å². The highest BCUT2D eigenvalue weighted by Crippen LogP contribution is 2.29. The molecule has 1 saturated heterocycles. The van der Waals surface area contributed by atoms with Gasteiger partial charge in [0.25, 0.3) is 11.8 Å². The van der Waals surface area contributed by atoms with Crippen molar-refractivity contribution in [2.45, 2.75) is 52.8 Å². The smallest absolute Gasteiger partial charge is 0.268 e.